The first-order valence-corrected chi connectivity index (χ1v) is 11.5. The molecule has 1 aromatic carbocycles. The fraction of sp³-hybridized carbons (Fsp3) is 0.478. The summed E-state index contributed by atoms with van der Waals surface area (Å²) in [5.41, 5.74) is 0. The van der Waals surface area contributed by atoms with Crippen molar-refractivity contribution in [3.8, 4) is 0 Å². The number of hydrogen-bond acceptors (Lipinski definition) is 4. The number of anilines is 1. The van der Waals surface area contributed by atoms with Gasteiger partial charge < -0.3 is 15.5 Å². The highest BCUT2D eigenvalue weighted by molar-refractivity contribution is 14.0. The van der Waals surface area contributed by atoms with E-state index in [1.54, 1.807) is 0 Å². The molecule has 1 saturated carbocycles. The molecule has 1 aliphatic heterocycles. The molecule has 0 atom stereocenters. The van der Waals surface area contributed by atoms with Crippen LogP contribution >= 0.6 is 35.7 Å². The number of rotatable bonds is 7. The van der Waals surface area contributed by atoms with Crippen LogP contribution in [0.5, 0.6) is 0 Å². The van der Waals surface area contributed by atoms with E-state index in [0.29, 0.717) is 6.04 Å². The lowest BCUT2D eigenvalue weighted by Gasteiger charge is -2.33. The average Bonchev–Trinajstić information content (AvgIpc) is 3.54. The lowest BCUT2D eigenvalue weighted by molar-refractivity contribution is 0.459. The third-order valence-electron chi connectivity index (χ3n) is 5.56. The van der Waals surface area contributed by atoms with Crippen LogP contribution in [0.15, 0.2) is 64.6 Å². The van der Waals surface area contributed by atoms with Gasteiger partial charge in [0.05, 0.1) is 6.54 Å². The Balaban J connectivity index is 0.00000256. The molecule has 0 bridgehead atoms. The Morgan fingerprint density at radius 1 is 1.13 bits per heavy atom. The van der Waals surface area contributed by atoms with Crippen molar-refractivity contribution in [2.75, 3.05) is 31.1 Å². The van der Waals surface area contributed by atoms with Crippen LogP contribution in [0.3, 0.4) is 0 Å². The van der Waals surface area contributed by atoms with Crippen molar-refractivity contribution in [2.45, 2.75) is 48.3 Å². The zero-order valence-corrected chi connectivity index (χ0v) is 20.7. The Bertz CT molecular complexity index is 790. The summed E-state index contributed by atoms with van der Waals surface area (Å²) >= 11 is 1.98. The maximum absolute atomic E-state index is 4.96. The summed E-state index contributed by atoms with van der Waals surface area (Å²) in [5.74, 6) is 2.05. The predicted octanol–water partition coefficient (Wildman–Crippen LogP) is 4.55. The Labute approximate surface area is 201 Å². The maximum Gasteiger partial charge on any atom is 0.191 e. The normalized spacial score (nSPS) is 18.4. The molecule has 5 nitrogen and oxygen atoms in total. The minimum atomic E-state index is 0. The monoisotopic (exact) mass is 537 g/mol. The van der Waals surface area contributed by atoms with E-state index in [4.69, 9.17) is 4.99 Å². The van der Waals surface area contributed by atoms with Gasteiger partial charge in [-0.3, -0.25) is 4.99 Å². The zero-order valence-electron chi connectivity index (χ0n) is 17.6. The van der Waals surface area contributed by atoms with Crippen molar-refractivity contribution in [1.29, 1.82) is 0 Å². The Kier molecular flexibility index (Phi) is 8.68. The Hall–Kier alpha value is -1.48. The average molecular weight is 538 g/mol. The highest BCUT2D eigenvalue weighted by Crippen LogP contribution is 2.51. The molecule has 2 N–H and O–H groups in total. The first-order valence-electron chi connectivity index (χ1n) is 10.7. The van der Waals surface area contributed by atoms with Gasteiger partial charge in [-0.25, -0.2) is 4.98 Å². The molecule has 0 amide bonds. The van der Waals surface area contributed by atoms with Gasteiger partial charge >= 0.3 is 0 Å². The molecule has 4 rings (SSSR count). The van der Waals surface area contributed by atoms with Crippen LogP contribution in [-0.4, -0.2) is 47.9 Å². The minimum Gasteiger partial charge on any atom is -0.357 e. The number of guanidine groups is 1. The van der Waals surface area contributed by atoms with Gasteiger partial charge in [-0.1, -0.05) is 24.3 Å². The SMILES string of the molecule is CCNC(=NCC1(Sc2ccccc2)CC1)NC1CCN(c2ccccn2)CC1.I. The fourth-order valence-electron chi connectivity index (χ4n) is 3.70. The molecule has 162 valence electrons. The van der Waals surface area contributed by atoms with Gasteiger partial charge in [-0.05, 0) is 56.9 Å². The first kappa shape index (κ1) is 23.2. The molecule has 1 aliphatic carbocycles. The van der Waals surface area contributed by atoms with Gasteiger partial charge in [0.25, 0.3) is 0 Å². The predicted molar refractivity (Wildman–Crippen MR) is 138 cm³/mol. The number of benzene rings is 1. The molecule has 0 spiro atoms. The molecule has 7 heteroatoms. The number of thioether (sulfide) groups is 1. The van der Waals surface area contributed by atoms with Crippen LogP contribution < -0.4 is 15.5 Å². The van der Waals surface area contributed by atoms with Crippen LogP contribution in [0, 0.1) is 0 Å². The third kappa shape index (κ3) is 6.51. The number of piperidine rings is 1. The minimum absolute atomic E-state index is 0. The molecule has 2 aromatic rings. The second-order valence-corrected chi connectivity index (χ2v) is 9.43. The standard InChI is InChI=1S/C23H31N5S.HI/c1-2-24-22(26-18-23(13-14-23)29-20-8-4-3-5-9-20)27-19-11-16-28(17-12-19)21-10-6-7-15-25-21;/h3-10,15,19H,2,11-14,16-18H2,1H3,(H2,24,26,27);1H. The van der Waals surface area contributed by atoms with E-state index in [2.05, 4.69) is 69.9 Å². The summed E-state index contributed by atoms with van der Waals surface area (Å²) in [6.07, 6.45) is 6.57. The van der Waals surface area contributed by atoms with Gasteiger partial charge in [0.1, 0.15) is 5.82 Å². The van der Waals surface area contributed by atoms with Gasteiger partial charge in [-0.15, -0.1) is 35.7 Å². The molecular weight excluding hydrogens is 505 g/mol. The number of pyridine rings is 1. The molecule has 2 aliphatic rings. The van der Waals surface area contributed by atoms with E-state index >= 15 is 0 Å². The zero-order chi connectivity index (χ0) is 19.9. The summed E-state index contributed by atoms with van der Waals surface area (Å²) in [4.78, 5) is 13.2. The number of aliphatic imine (C=N–C) groups is 1. The van der Waals surface area contributed by atoms with Crippen LogP contribution in [0.4, 0.5) is 5.82 Å². The third-order valence-corrected chi connectivity index (χ3v) is 7.04. The van der Waals surface area contributed by atoms with Crippen molar-refractivity contribution in [2.24, 2.45) is 4.99 Å². The molecule has 2 fully saturated rings. The summed E-state index contributed by atoms with van der Waals surface area (Å²) in [5, 5.41) is 7.12. The highest BCUT2D eigenvalue weighted by atomic mass is 127. The molecular formula is C23H32IN5S. The highest BCUT2D eigenvalue weighted by Gasteiger charge is 2.43. The smallest absolute Gasteiger partial charge is 0.191 e. The summed E-state index contributed by atoms with van der Waals surface area (Å²) < 4.78 is 0.284. The van der Waals surface area contributed by atoms with Crippen LogP contribution in [0.2, 0.25) is 0 Å². The van der Waals surface area contributed by atoms with E-state index < -0.39 is 0 Å². The summed E-state index contributed by atoms with van der Waals surface area (Å²) in [7, 11) is 0. The van der Waals surface area contributed by atoms with Gasteiger partial charge in [0, 0.05) is 41.5 Å². The topological polar surface area (TPSA) is 52.6 Å². The molecule has 1 saturated heterocycles. The van der Waals surface area contributed by atoms with E-state index in [1.165, 1.54) is 17.7 Å². The molecule has 2 heterocycles. The van der Waals surface area contributed by atoms with E-state index in [-0.39, 0.29) is 28.7 Å². The van der Waals surface area contributed by atoms with Crippen molar-refractivity contribution in [1.82, 2.24) is 15.6 Å². The van der Waals surface area contributed by atoms with E-state index in [1.807, 2.05) is 24.0 Å². The molecule has 1 aromatic heterocycles. The van der Waals surface area contributed by atoms with E-state index in [0.717, 1.165) is 50.8 Å². The second kappa shape index (κ2) is 11.2. The van der Waals surface area contributed by atoms with Gasteiger partial charge in [0.2, 0.25) is 0 Å². The van der Waals surface area contributed by atoms with Crippen molar-refractivity contribution in [3.63, 3.8) is 0 Å². The number of nitrogens with one attached hydrogen (secondary N) is 2. The van der Waals surface area contributed by atoms with Crippen LogP contribution in [0.1, 0.15) is 32.6 Å². The largest absolute Gasteiger partial charge is 0.357 e. The maximum atomic E-state index is 4.96. The number of halogens is 1. The molecule has 0 radical (unpaired) electrons. The number of hydrogen-bond donors (Lipinski definition) is 2. The Morgan fingerprint density at radius 2 is 1.87 bits per heavy atom. The fourth-order valence-corrected chi connectivity index (χ4v) is 4.93. The summed E-state index contributed by atoms with van der Waals surface area (Å²) in [6, 6.07) is 17.3. The van der Waals surface area contributed by atoms with Crippen LogP contribution in [0.25, 0.3) is 0 Å². The molecule has 30 heavy (non-hydrogen) atoms. The second-order valence-electron chi connectivity index (χ2n) is 7.89. The van der Waals surface area contributed by atoms with Crippen molar-refractivity contribution in [3.05, 3.63) is 54.7 Å². The lowest BCUT2D eigenvalue weighted by atomic mass is 10.1. The Morgan fingerprint density at radius 3 is 2.50 bits per heavy atom. The number of aromatic nitrogens is 1. The van der Waals surface area contributed by atoms with Gasteiger partial charge in [0.15, 0.2) is 5.96 Å². The van der Waals surface area contributed by atoms with Crippen molar-refractivity contribution >= 4 is 47.5 Å². The summed E-state index contributed by atoms with van der Waals surface area (Å²) in [6.45, 7) is 5.95. The van der Waals surface area contributed by atoms with Crippen molar-refractivity contribution < 1.29 is 0 Å². The lowest BCUT2D eigenvalue weighted by Crippen LogP contribution is -2.49. The first-order chi connectivity index (χ1) is 14.3. The quantitative estimate of drug-likeness (QED) is 0.309. The number of nitrogens with zero attached hydrogens (tertiary/aromatic N) is 3. The van der Waals surface area contributed by atoms with Gasteiger partial charge in [-0.2, -0.15) is 0 Å². The van der Waals surface area contributed by atoms with E-state index in [9.17, 15) is 0 Å². The molecule has 0 unspecified atom stereocenters. The van der Waals surface area contributed by atoms with Crippen LogP contribution in [-0.2, 0) is 0 Å².